The molecule has 0 radical (unpaired) electrons. The van der Waals surface area contributed by atoms with E-state index in [-0.39, 0.29) is 29.1 Å². The Hall–Kier alpha value is -2.30. The Kier molecular flexibility index (Phi) is 5.88. The number of rotatable bonds is 7. The van der Waals surface area contributed by atoms with Crippen LogP contribution >= 0.6 is 0 Å². The lowest BCUT2D eigenvalue weighted by Crippen LogP contribution is -2.38. The number of aliphatic hydroxyl groups is 1. The van der Waals surface area contributed by atoms with Gasteiger partial charge in [-0.1, -0.05) is 38.8 Å². The Balaban J connectivity index is 2.00. The third kappa shape index (κ3) is 3.87. The second kappa shape index (κ2) is 8.15. The highest BCUT2D eigenvalue weighted by Crippen LogP contribution is 2.43. The first-order chi connectivity index (χ1) is 12.9. The van der Waals surface area contributed by atoms with Crippen LogP contribution in [0.4, 0.5) is 0 Å². The molecule has 0 saturated heterocycles. The van der Waals surface area contributed by atoms with E-state index in [9.17, 15) is 14.7 Å². The molecule has 146 valence electrons. The van der Waals surface area contributed by atoms with Crippen LogP contribution in [0, 0.1) is 5.92 Å². The zero-order chi connectivity index (χ0) is 19.6. The van der Waals surface area contributed by atoms with Crippen molar-refractivity contribution in [2.24, 2.45) is 5.92 Å². The molecule has 2 aliphatic rings. The minimum atomic E-state index is -0.512. The molecule has 1 saturated carbocycles. The summed E-state index contributed by atoms with van der Waals surface area (Å²) in [5.74, 6) is -0.00906. The molecule has 5 nitrogen and oxygen atoms in total. The van der Waals surface area contributed by atoms with Crippen molar-refractivity contribution in [1.82, 2.24) is 4.90 Å². The average Bonchev–Trinajstić information content (AvgIpc) is 3.23. The number of nitrogens with zero attached hydrogens (tertiary/aromatic N) is 1. The van der Waals surface area contributed by atoms with E-state index < -0.39 is 11.9 Å². The molecule has 1 aliphatic carbocycles. The van der Waals surface area contributed by atoms with Crippen LogP contribution in [0.1, 0.15) is 64.5 Å². The van der Waals surface area contributed by atoms with Crippen LogP contribution in [0.2, 0.25) is 0 Å². The van der Waals surface area contributed by atoms with E-state index >= 15 is 0 Å². The molecule has 5 heteroatoms. The van der Waals surface area contributed by atoms with Crippen molar-refractivity contribution in [3.63, 3.8) is 0 Å². The quantitative estimate of drug-likeness (QED) is 0.774. The highest BCUT2D eigenvalue weighted by molar-refractivity contribution is 6.09. The van der Waals surface area contributed by atoms with Gasteiger partial charge in [0.25, 0.3) is 5.91 Å². The van der Waals surface area contributed by atoms with Crippen molar-refractivity contribution in [2.75, 3.05) is 6.61 Å². The van der Waals surface area contributed by atoms with Gasteiger partial charge in [0.1, 0.15) is 5.75 Å². The predicted molar refractivity (Wildman–Crippen MR) is 104 cm³/mol. The fourth-order valence-corrected chi connectivity index (χ4v) is 4.19. The third-order valence-electron chi connectivity index (χ3n) is 5.36. The summed E-state index contributed by atoms with van der Waals surface area (Å²) in [5, 5.41) is 10.6. The summed E-state index contributed by atoms with van der Waals surface area (Å²) in [4.78, 5) is 27.5. The van der Waals surface area contributed by atoms with Gasteiger partial charge in [0.15, 0.2) is 11.5 Å². The van der Waals surface area contributed by atoms with Gasteiger partial charge in [-0.3, -0.25) is 9.59 Å². The number of ether oxygens (including phenoxy) is 1. The van der Waals surface area contributed by atoms with Gasteiger partial charge < -0.3 is 14.7 Å². The van der Waals surface area contributed by atoms with Gasteiger partial charge in [-0.05, 0) is 43.4 Å². The molecule has 0 aromatic heterocycles. The monoisotopic (exact) mass is 371 g/mol. The van der Waals surface area contributed by atoms with Crippen LogP contribution < -0.4 is 4.74 Å². The van der Waals surface area contributed by atoms with Crippen molar-refractivity contribution in [3.8, 4) is 5.75 Å². The largest absolute Gasteiger partial charge is 0.503 e. The number of hydrogen-bond donors (Lipinski definition) is 1. The van der Waals surface area contributed by atoms with Gasteiger partial charge >= 0.3 is 0 Å². The van der Waals surface area contributed by atoms with E-state index in [2.05, 4.69) is 0 Å². The summed E-state index contributed by atoms with van der Waals surface area (Å²) in [7, 11) is 0. The smallest absolute Gasteiger partial charge is 0.290 e. The standard InChI is InChI=1S/C22H29NO4/c1-4-27-17-11-9-15(10-12-17)20-19(18(24)13-14(2)3)21(25)22(26)23(20)16-7-5-6-8-16/h9-12,14,16,20,25H,4-8,13H2,1-3H3. The SMILES string of the molecule is CCOc1ccc(C2C(C(=O)CC(C)C)=C(O)C(=O)N2C2CCCC2)cc1. The van der Waals surface area contributed by atoms with Crippen LogP contribution in [0.25, 0.3) is 0 Å². The first kappa shape index (κ1) is 19.5. The van der Waals surface area contributed by atoms with Crippen molar-refractivity contribution < 1.29 is 19.4 Å². The van der Waals surface area contributed by atoms with E-state index in [0.717, 1.165) is 37.0 Å². The summed E-state index contributed by atoms with van der Waals surface area (Å²) in [6.07, 6.45) is 4.29. The topological polar surface area (TPSA) is 66.8 Å². The van der Waals surface area contributed by atoms with E-state index in [0.29, 0.717) is 13.0 Å². The summed E-state index contributed by atoms with van der Waals surface area (Å²) >= 11 is 0. The van der Waals surface area contributed by atoms with Gasteiger partial charge in [-0.2, -0.15) is 0 Å². The molecule has 1 atom stereocenters. The highest BCUT2D eigenvalue weighted by atomic mass is 16.5. The third-order valence-corrected chi connectivity index (χ3v) is 5.36. The first-order valence-electron chi connectivity index (χ1n) is 9.95. The van der Waals surface area contributed by atoms with Crippen molar-refractivity contribution in [2.45, 2.75) is 65.0 Å². The maximum atomic E-state index is 12.9. The molecule has 1 aliphatic heterocycles. The second-order valence-corrected chi connectivity index (χ2v) is 7.84. The molecule has 0 bridgehead atoms. The summed E-state index contributed by atoms with van der Waals surface area (Å²) in [5.41, 5.74) is 1.10. The van der Waals surface area contributed by atoms with E-state index in [1.54, 1.807) is 4.90 Å². The van der Waals surface area contributed by atoms with Gasteiger partial charge in [-0.25, -0.2) is 0 Å². The zero-order valence-corrected chi connectivity index (χ0v) is 16.4. The average molecular weight is 371 g/mol. The Morgan fingerprint density at radius 3 is 2.41 bits per heavy atom. The van der Waals surface area contributed by atoms with E-state index in [1.165, 1.54) is 0 Å². The number of benzene rings is 1. The van der Waals surface area contributed by atoms with Gasteiger partial charge in [0.2, 0.25) is 0 Å². The number of carbonyl (C=O) groups excluding carboxylic acids is 2. The second-order valence-electron chi connectivity index (χ2n) is 7.84. The molecule has 1 aromatic carbocycles. The molecular formula is C22H29NO4. The number of carbonyl (C=O) groups is 2. The van der Waals surface area contributed by atoms with Crippen LogP contribution in [0.5, 0.6) is 5.75 Å². The van der Waals surface area contributed by atoms with Crippen LogP contribution in [0.15, 0.2) is 35.6 Å². The maximum Gasteiger partial charge on any atom is 0.290 e. The maximum absolute atomic E-state index is 12.9. The Morgan fingerprint density at radius 1 is 1.22 bits per heavy atom. The number of aliphatic hydroxyl groups excluding tert-OH is 1. The number of Topliss-reactive ketones (excluding diaryl/α,β-unsaturated/α-hetero) is 1. The van der Waals surface area contributed by atoms with Crippen molar-refractivity contribution in [1.29, 1.82) is 0 Å². The Bertz CT molecular complexity index is 729. The normalized spacial score (nSPS) is 20.8. The molecule has 1 aromatic rings. The number of amides is 1. The number of hydrogen-bond acceptors (Lipinski definition) is 4. The Morgan fingerprint density at radius 2 is 1.85 bits per heavy atom. The molecule has 1 N–H and O–H groups in total. The lowest BCUT2D eigenvalue weighted by atomic mass is 9.91. The molecule has 1 heterocycles. The zero-order valence-electron chi connectivity index (χ0n) is 16.4. The van der Waals surface area contributed by atoms with Crippen LogP contribution in [-0.4, -0.2) is 34.3 Å². The summed E-state index contributed by atoms with van der Waals surface area (Å²) in [6.45, 7) is 6.43. The van der Waals surface area contributed by atoms with Gasteiger partial charge in [0, 0.05) is 12.5 Å². The molecular weight excluding hydrogens is 342 g/mol. The number of ketones is 1. The fraction of sp³-hybridized carbons (Fsp3) is 0.545. The first-order valence-corrected chi connectivity index (χ1v) is 9.95. The van der Waals surface area contributed by atoms with Crippen LogP contribution in [-0.2, 0) is 9.59 Å². The lowest BCUT2D eigenvalue weighted by Gasteiger charge is -2.32. The highest BCUT2D eigenvalue weighted by Gasteiger charge is 2.46. The van der Waals surface area contributed by atoms with Gasteiger partial charge in [-0.15, -0.1) is 0 Å². The summed E-state index contributed by atoms with van der Waals surface area (Å²) < 4.78 is 5.51. The molecule has 0 spiro atoms. The van der Waals surface area contributed by atoms with Crippen molar-refractivity contribution in [3.05, 3.63) is 41.2 Å². The fourth-order valence-electron chi connectivity index (χ4n) is 4.19. The van der Waals surface area contributed by atoms with Crippen LogP contribution in [0.3, 0.4) is 0 Å². The molecule has 1 unspecified atom stereocenters. The van der Waals surface area contributed by atoms with E-state index in [1.807, 2.05) is 45.0 Å². The molecule has 3 rings (SSSR count). The molecule has 1 amide bonds. The lowest BCUT2D eigenvalue weighted by molar-refractivity contribution is -0.131. The molecule has 27 heavy (non-hydrogen) atoms. The molecule has 1 fully saturated rings. The minimum Gasteiger partial charge on any atom is -0.503 e. The predicted octanol–water partition coefficient (Wildman–Crippen LogP) is 4.34. The minimum absolute atomic E-state index is 0.0700. The van der Waals surface area contributed by atoms with E-state index in [4.69, 9.17) is 4.74 Å². The van der Waals surface area contributed by atoms with Gasteiger partial charge in [0.05, 0.1) is 18.2 Å². The van der Waals surface area contributed by atoms with Crippen molar-refractivity contribution >= 4 is 11.7 Å². The Labute approximate surface area is 161 Å². The summed E-state index contributed by atoms with van der Waals surface area (Å²) in [6, 6.07) is 7.06.